The lowest BCUT2D eigenvalue weighted by Crippen LogP contribution is -2.54. The summed E-state index contributed by atoms with van der Waals surface area (Å²) < 4.78 is 29.4. The molecule has 0 bridgehead atoms. The number of hydrogen-bond acceptors (Lipinski definition) is 4. The molecule has 1 aliphatic carbocycles. The Morgan fingerprint density at radius 1 is 0.848 bits per heavy atom. The molecule has 0 aliphatic heterocycles. The summed E-state index contributed by atoms with van der Waals surface area (Å²) in [5, 5.41) is 3.85. The first-order valence-electron chi connectivity index (χ1n) is 15.3. The molecule has 240 valence electrons. The van der Waals surface area contributed by atoms with Gasteiger partial charge in [0.25, 0.3) is 10.0 Å². The van der Waals surface area contributed by atoms with Gasteiger partial charge >= 0.3 is 0 Å². The van der Waals surface area contributed by atoms with Crippen LogP contribution in [0.4, 0.5) is 5.69 Å². The molecule has 1 saturated carbocycles. The van der Waals surface area contributed by atoms with Gasteiger partial charge in [0, 0.05) is 34.6 Å². The highest BCUT2D eigenvalue weighted by molar-refractivity contribution is 7.92. The number of amides is 2. The molecule has 0 saturated heterocycles. The summed E-state index contributed by atoms with van der Waals surface area (Å²) >= 11 is 13.2. The van der Waals surface area contributed by atoms with E-state index in [4.69, 9.17) is 23.2 Å². The normalized spacial score (nSPS) is 14.1. The minimum absolute atomic E-state index is 0.00822. The van der Waals surface area contributed by atoms with E-state index in [0.29, 0.717) is 21.3 Å². The lowest BCUT2D eigenvalue weighted by molar-refractivity contribution is -0.140. The number of hydrogen-bond donors (Lipinski definition) is 1. The monoisotopic (exact) mass is 677 g/mol. The summed E-state index contributed by atoms with van der Waals surface area (Å²) in [6.07, 6.45) is 3.99. The Hall–Kier alpha value is -3.85. The third-order valence-corrected chi connectivity index (χ3v) is 10.8. The van der Waals surface area contributed by atoms with E-state index in [1.807, 2.05) is 43.3 Å². The van der Waals surface area contributed by atoms with Gasteiger partial charge in [-0.05, 0) is 67.3 Å². The van der Waals surface area contributed by atoms with Gasteiger partial charge in [-0.25, -0.2) is 8.42 Å². The molecule has 0 aromatic heterocycles. The maximum atomic E-state index is 14.6. The molecule has 1 fully saturated rings. The number of aryl methyl sites for hydroxylation is 1. The smallest absolute Gasteiger partial charge is 0.264 e. The van der Waals surface area contributed by atoms with Crippen LogP contribution in [0.15, 0.2) is 108 Å². The van der Waals surface area contributed by atoms with Crippen LogP contribution in [0.1, 0.15) is 42.4 Å². The molecule has 1 N–H and O–H groups in total. The predicted molar refractivity (Wildman–Crippen MR) is 183 cm³/mol. The molecule has 1 unspecified atom stereocenters. The van der Waals surface area contributed by atoms with Crippen molar-refractivity contribution in [3.05, 3.63) is 130 Å². The quantitative estimate of drug-likeness (QED) is 0.172. The summed E-state index contributed by atoms with van der Waals surface area (Å²) in [6, 6.07) is 28.5. The second-order valence-corrected chi connectivity index (χ2v) is 14.3. The van der Waals surface area contributed by atoms with Gasteiger partial charge in [-0.15, -0.1) is 0 Å². The number of nitrogens with zero attached hydrogens (tertiary/aromatic N) is 2. The Morgan fingerprint density at radius 2 is 1.46 bits per heavy atom. The summed E-state index contributed by atoms with van der Waals surface area (Å²) in [6.45, 7) is 1.21. The van der Waals surface area contributed by atoms with Gasteiger partial charge in [0.05, 0.1) is 10.6 Å². The second kappa shape index (κ2) is 15.2. The average Bonchev–Trinajstić information content (AvgIpc) is 3.56. The molecule has 0 spiro atoms. The molecule has 1 aliphatic rings. The highest BCUT2D eigenvalue weighted by Gasteiger charge is 2.36. The second-order valence-electron chi connectivity index (χ2n) is 11.6. The maximum Gasteiger partial charge on any atom is 0.264 e. The van der Waals surface area contributed by atoms with Gasteiger partial charge in [0.2, 0.25) is 11.8 Å². The van der Waals surface area contributed by atoms with Crippen LogP contribution in [-0.4, -0.2) is 43.8 Å². The molecular weight excluding hydrogens is 641 g/mol. The van der Waals surface area contributed by atoms with Crippen LogP contribution in [0.25, 0.3) is 0 Å². The van der Waals surface area contributed by atoms with Crippen LogP contribution in [0, 0.1) is 6.92 Å². The van der Waals surface area contributed by atoms with Crippen molar-refractivity contribution in [1.82, 2.24) is 10.2 Å². The highest BCUT2D eigenvalue weighted by Crippen LogP contribution is 2.29. The molecule has 0 radical (unpaired) electrons. The first-order chi connectivity index (χ1) is 22.1. The Morgan fingerprint density at radius 3 is 2.09 bits per heavy atom. The van der Waals surface area contributed by atoms with E-state index < -0.39 is 28.5 Å². The fraction of sp³-hybridized carbons (Fsp3) is 0.278. The van der Waals surface area contributed by atoms with E-state index >= 15 is 0 Å². The molecular formula is C36H37Cl2N3O4S. The number of halogens is 2. The van der Waals surface area contributed by atoms with Gasteiger partial charge in [0.1, 0.15) is 12.6 Å². The Bertz CT molecular complexity index is 1740. The van der Waals surface area contributed by atoms with Crippen molar-refractivity contribution in [2.24, 2.45) is 0 Å². The number of carbonyl (C=O) groups excluding carboxylic acids is 2. The topological polar surface area (TPSA) is 86.8 Å². The van der Waals surface area contributed by atoms with Crippen LogP contribution in [0.5, 0.6) is 0 Å². The highest BCUT2D eigenvalue weighted by atomic mass is 35.5. The fourth-order valence-corrected chi connectivity index (χ4v) is 7.75. The summed E-state index contributed by atoms with van der Waals surface area (Å²) in [5.41, 5.74) is 2.49. The van der Waals surface area contributed by atoms with Gasteiger partial charge in [-0.3, -0.25) is 13.9 Å². The van der Waals surface area contributed by atoms with E-state index in [2.05, 4.69) is 5.32 Å². The van der Waals surface area contributed by atoms with Crippen LogP contribution in [0.2, 0.25) is 10.0 Å². The van der Waals surface area contributed by atoms with Crippen molar-refractivity contribution in [3.8, 4) is 0 Å². The van der Waals surface area contributed by atoms with Gasteiger partial charge in [0.15, 0.2) is 0 Å². The first-order valence-corrected chi connectivity index (χ1v) is 17.5. The van der Waals surface area contributed by atoms with E-state index in [1.54, 1.807) is 54.6 Å². The van der Waals surface area contributed by atoms with Gasteiger partial charge in [-0.2, -0.15) is 0 Å². The molecule has 7 nitrogen and oxygen atoms in total. The fourth-order valence-electron chi connectivity index (χ4n) is 5.81. The molecule has 2 amide bonds. The Balaban J connectivity index is 1.59. The van der Waals surface area contributed by atoms with Crippen molar-refractivity contribution in [2.75, 3.05) is 10.8 Å². The molecule has 4 aromatic rings. The molecule has 0 heterocycles. The SMILES string of the molecule is Cc1cccc(N(CC(=O)N(Cc2c(Cl)cccc2Cl)C(Cc2ccccc2)C(=O)NC2CCCC2)S(=O)(=O)c2ccccc2)c1. The Kier molecular flexibility index (Phi) is 11.0. The molecule has 4 aromatic carbocycles. The third-order valence-electron chi connectivity index (χ3n) is 8.26. The van der Waals surface area contributed by atoms with E-state index in [0.717, 1.165) is 41.1 Å². The molecule has 46 heavy (non-hydrogen) atoms. The largest absolute Gasteiger partial charge is 0.352 e. The third kappa shape index (κ3) is 8.10. The zero-order valence-corrected chi connectivity index (χ0v) is 27.9. The molecule has 1 atom stereocenters. The van der Waals surface area contributed by atoms with Crippen LogP contribution in [-0.2, 0) is 32.6 Å². The number of nitrogens with one attached hydrogen (secondary N) is 1. The zero-order chi connectivity index (χ0) is 32.7. The van der Waals surface area contributed by atoms with E-state index in [1.165, 1.54) is 17.0 Å². The molecule has 5 rings (SSSR count). The van der Waals surface area contributed by atoms with Crippen LogP contribution in [0.3, 0.4) is 0 Å². The lowest BCUT2D eigenvalue weighted by Gasteiger charge is -2.34. The lowest BCUT2D eigenvalue weighted by atomic mass is 10.0. The van der Waals surface area contributed by atoms with E-state index in [9.17, 15) is 18.0 Å². The van der Waals surface area contributed by atoms with Crippen molar-refractivity contribution >= 4 is 50.7 Å². The number of rotatable bonds is 12. The maximum absolute atomic E-state index is 14.6. The van der Waals surface area contributed by atoms with Crippen LogP contribution < -0.4 is 9.62 Å². The number of anilines is 1. The number of sulfonamides is 1. The Labute approximate surface area is 281 Å². The van der Waals surface area contributed by atoms with Gasteiger partial charge < -0.3 is 10.2 Å². The van der Waals surface area contributed by atoms with Gasteiger partial charge in [-0.1, -0.05) is 103 Å². The van der Waals surface area contributed by atoms with Crippen molar-refractivity contribution in [2.45, 2.75) is 62.6 Å². The van der Waals surface area contributed by atoms with Crippen molar-refractivity contribution in [1.29, 1.82) is 0 Å². The minimum Gasteiger partial charge on any atom is -0.352 e. The van der Waals surface area contributed by atoms with Crippen molar-refractivity contribution in [3.63, 3.8) is 0 Å². The molecule has 10 heteroatoms. The van der Waals surface area contributed by atoms with E-state index in [-0.39, 0.29) is 29.8 Å². The summed E-state index contributed by atoms with van der Waals surface area (Å²) in [4.78, 5) is 30.2. The number of carbonyl (C=O) groups is 2. The summed E-state index contributed by atoms with van der Waals surface area (Å²) in [7, 11) is -4.18. The minimum atomic E-state index is -4.18. The average molecular weight is 679 g/mol. The number of benzene rings is 4. The zero-order valence-electron chi connectivity index (χ0n) is 25.6. The first kappa shape index (κ1) is 33.5. The predicted octanol–water partition coefficient (Wildman–Crippen LogP) is 7.20. The standard InChI is InChI=1S/C36H37Cl2N3O4S/c1-26-12-10-17-29(22-26)41(46(44,45)30-18-6-3-7-19-30)25-35(42)40(24-31-32(37)20-11-21-33(31)38)34(23-27-13-4-2-5-14-27)36(43)39-28-15-8-9-16-28/h2-7,10-14,17-22,28,34H,8-9,15-16,23-25H2,1H3,(H,39,43). The van der Waals surface area contributed by atoms with Crippen LogP contribution >= 0.6 is 23.2 Å². The summed E-state index contributed by atoms with van der Waals surface area (Å²) in [5.74, 6) is -0.875. The van der Waals surface area contributed by atoms with Crippen molar-refractivity contribution < 1.29 is 18.0 Å².